The van der Waals surface area contributed by atoms with Gasteiger partial charge in [0, 0.05) is 38.9 Å². The van der Waals surface area contributed by atoms with Gasteiger partial charge >= 0.3 is 0 Å². The van der Waals surface area contributed by atoms with Crippen LogP contribution in [-0.4, -0.2) is 76.1 Å². The fourth-order valence-corrected chi connectivity index (χ4v) is 5.95. The lowest BCUT2D eigenvalue weighted by Gasteiger charge is -2.38. The van der Waals surface area contributed by atoms with Gasteiger partial charge in [0.25, 0.3) is 5.91 Å². The standard InChI is InChI=1S/C29H34N4O6/c34-26-8-6-24(27(35)31-26)33-18-23-22(28(33)36)5-7-25(30-23)29(37)11-13-32(14-12-29)17-19-1-3-20(4-2-19)39-21-9-15-38-16-10-21/h1-5,7,21,24,37H,6,8-18H2,(H,31,34,35). The second-order valence-electron chi connectivity index (χ2n) is 11.0. The molecule has 0 radical (unpaired) electrons. The Morgan fingerprint density at radius 2 is 1.77 bits per heavy atom. The summed E-state index contributed by atoms with van der Waals surface area (Å²) >= 11 is 0. The van der Waals surface area contributed by atoms with Crippen LogP contribution in [0.3, 0.4) is 0 Å². The van der Waals surface area contributed by atoms with Gasteiger partial charge in [-0.1, -0.05) is 12.1 Å². The molecular formula is C29H34N4O6. The Kier molecular flexibility index (Phi) is 7.09. The van der Waals surface area contributed by atoms with Gasteiger partial charge < -0.3 is 19.5 Å². The molecule has 1 unspecified atom stereocenters. The first-order valence-corrected chi connectivity index (χ1v) is 13.8. The summed E-state index contributed by atoms with van der Waals surface area (Å²) in [6, 6.07) is 11.0. The number of imide groups is 1. The van der Waals surface area contributed by atoms with E-state index in [1.54, 1.807) is 12.1 Å². The lowest BCUT2D eigenvalue weighted by molar-refractivity contribution is -0.136. The van der Waals surface area contributed by atoms with Gasteiger partial charge in [-0.3, -0.25) is 29.6 Å². The van der Waals surface area contributed by atoms with Crippen LogP contribution in [0.15, 0.2) is 36.4 Å². The number of carbonyl (C=O) groups is 3. The fraction of sp³-hybridized carbons (Fsp3) is 0.517. The average molecular weight is 535 g/mol. The van der Waals surface area contributed by atoms with E-state index in [-0.39, 0.29) is 30.9 Å². The highest BCUT2D eigenvalue weighted by Crippen LogP contribution is 2.35. The van der Waals surface area contributed by atoms with Gasteiger partial charge in [-0.2, -0.15) is 0 Å². The monoisotopic (exact) mass is 534 g/mol. The Balaban J connectivity index is 1.05. The molecule has 5 heterocycles. The summed E-state index contributed by atoms with van der Waals surface area (Å²) in [7, 11) is 0. The molecule has 3 saturated heterocycles. The lowest BCUT2D eigenvalue weighted by Crippen LogP contribution is -2.52. The summed E-state index contributed by atoms with van der Waals surface area (Å²) in [5.41, 5.74) is 1.71. The van der Waals surface area contributed by atoms with Gasteiger partial charge in [0.1, 0.15) is 23.5 Å². The molecule has 4 aliphatic heterocycles. The normalized spacial score (nSPS) is 24.0. The Morgan fingerprint density at radius 1 is 1.03 bits per heavy atom. The largest absolute Gasteiger partial charge is 0.490 e. The summed E-state index contributed by atoms with van der Waals surface area (Å²) in [6.45, 7) is 3.94. The Morgan fingerprint density at radius 3 is 2.49 bits per heavy atom. The highest BCUT2D eigenvalue weighted by atomic mass is 16.5. The molecule has 1 aromatic carbocycles. The van der Waals surface area contributed by atoms with Gasteiger partial charge in [0.2, 0.25) is 11.8 Å². The molecular weight excluding hydrogens is 500 g/mol. The number of hydrogen-bond donors (Lipinski definition) is 2. The van der Waals surface area contributed by atoms with E-state index in [1.807, 2.05) is 12.1 Å². The van der Waals surface area contributed by atoms with Crippen LogP contribution in [0.25, 0.3) is 0 Å². The van der Waals surface area contributed by atoms with Gasteiger partial charge in [-0.15, -0.1) is 0 Å². The molecule has 2 N–H and O–H groups in total. The Bertz CT molecular complexity index is 1250. The van der Waals surface area contributed by atoms with Crippen LogP contribution in [0.2, 0.25) is 0 Å². The zero-order chi connectivity index (χ0) is 27.0. The Labute approximate surface area is 227 Å². The molecule has 39 heavy (non-hydrogen) atoms. The van der Waals surface area contributed by atoms with E-state index < -0.39 is 17.6 Å². The molecule has 0 saturated carbocycles. The molecule has 2 aromatic rings. The number of piperidine rings is 2. The van der Waals surface area contributed by atoms with Crippen LogP contribution in [0.4, 0.5) is 0 Å². The minimum atomic E-state index is -1.07. The van der Waals surface area contributed by atoms with Gasteiger partial charge in [0.05, 0.1) is 36.7 Å². The number of hydrogen-bond acceptors (Lipinski definition) is 8. The molecule has 206 valence electrons. The molecule has 10 heteroatoms. The maximum absolute atomic E-state index is 13.0. The molecule has 1 aromatic heterocycles. The predicted molar refractivity (Wildman–Crippen MR) is 140 cm³/mol. The topological polar surface area (TPSA) is 121 Å². The average Bonchev–Trinajstić information content (AvgIpc) is 3.27. The number of pyridine rings is 1. The van der Waals surface area contributed by atoms with Crippen molar-refractivity contribution in [3.63, 3.8) is 0 Å². The van der Waals surface area contributed by atoms with Gasteiger partial charge in [-0.25, -0.2) is 0 Å². The van der Waals surface area contributed by atoms with Crippen molar-refractivity contribution >= 4 is 17.7 Å². The number of benzene rings is 1. The minimum absolute atomic E-state index is 0.199. The van der Waals surface area contributed by atoms with E-state index in [0.717, 1.165) is 51.4 Å². The van der Waals surface area contributed by atoms with E-state index in [1.165, 1.54) is 10.5 Å². The first-order valence-electron chi connectivity index (χ1n) is 13.8. The second-order valence-corrected chi connectivity index (χ2v) is 11.0. The molecule has 3 amide bonds. The third-order valence-corrected chi connectivity index (χ3v) is 8.33. The molecule has 0 aliphatic carbocycles. The smallest absolute Gasteiger partial charge is 0.256 e. The van der Waals surface area contributed by atoms with Crippen LogP contribution in [0.1, 0.15) is 65.8 Å². The number of aliphatic hydroxyl groups is 1. The van der Waals surface area contributed by atoms with E-state index in [9.17, 15) is 19.5 Å². The maximum Gasteiger partial charge on any atom is 0.256 e. The highest BCUT2D eigenvalue weighted by molar-refractivity contribution is 6.05. The number of carbonyl (C=O) groups excluding carboxylic acids is 3. The van der Waals surface area contributed by atoms with Gasteiger partial charge in [-0.05, 0) is 49.1 Å². The molecule has 4 aliphatic rings. The SMILES string of the molecule is O=C1CCC(N2Cc3nc(C4(O)CCN(Cc5ccc(OC6CCOCC6)cc5)CC4)ccc3C2=O)C(=O)N1. The molecule has 10 nitrogen and oxygen atoms in total. The van der Waals surface area contributed by atoms with Crippen molar-refractivity contribution in [2.75, 3.05) is 26.3 Å². The highest BCUT2D eigenvalue weighted by Gasteiger charge is 2.41. The second kappa shape index (κ2) is 10.7. The summed E-state index contributed by atoms with van der Waals surface area (Å²) in [6.07, 6.45) is 3.65. The molecule has 1 atom stereocenters. The molecule has 0 bridgehead atoms. The summed E-state index contributed by atoms with van der Waals surface area (Å²) in [4.78, 5) is 45.3. The Hall–Kier alpha value is -3.34. The summed E-state index contributed by atoms with van der Waals surface area (Å²) in [5, 5.41) is 13.8. The van der Waals surface area contributed by atoms with E-state index >= 15 is 0 Å². The van der Waals surface area contributed by atoms with Crippen LogP contribution in [-0.2, 0) is 33.0 Å². The van der Waals surface area contributed by atoms with Crippen molar-refractivity contribution in [2.24, 2.45) is 0 Å². The third-order valence-electron chi connectivity index (χ3n) is 8.33. The van der Waals surface area contributed by atoms with Crippen molar-refractivity contribution in [2.45, 2.75) is 69.4 Å². The van der Waals surface area contributed by atoms with E-state index in [0.29, 0.717) is 36.2 Å². The first kappa shape index (κ1) is 25.9. The number of rotatable bonds is 6. The third kappa shape index (κ3) is 5.41. The van der Waals surface area contributed by atoms with Crippen molar-refractivity contribution in [1.82, 2.24) is 20.1 Å². The molecule has 0 spiro atoms. The first-order chi connectivity index (χ1) is 18.9. The van der Waals surface area contributed by atoms with Crippen molar-refractivity contribution in [3.05, 3.63) is 58.9 Å². The van der Waals surface area contributed by atoms with E-state index in [2.05, 4.69) is 22.3 Å². The van der Waals surface area contributed by atoms with Gasteiger partial charge in [0.15, 0.2) is 0 Å². The number of likely N-dealkylation sites (tertiary alicyclic amines) is 1. The summed E-state index contributed by atoms with van der Waals surface area (Å²) < 4.78 is 11.5. The fourth-order valence-electron chi connectivity index (χ4n) is 5.95. The minimum Gasteiger partial charge on any atom is -0.490 e. The predicted octanol–water partition coefficient (Wildman–Crippen LogP) is 1.88. The number of aromatic nitrogens is 1. The number of nitrogens with zero attached hydrogens (tertiary/aromatic N) is 3. The van der Waals surface area contributed by atoms with Crippen LogP contribution >= 0.6 is 0 Å². The zero-order valence-electron chi connectivity index (χ0n) is 21.9. The van der Waals surface area contributed by atoms with Crippen molar-refractivity contribution < 1.29 is 29.0 Å². The molecule has 6 rings (SSSR count). The van der Waals surface area contributed by atoms with Crippen LogP contribution < -0.4 is 10.1 Å². The number of amides is 3. The number of ether oxygens (including phenoxy) is 2. The summed E-state index contributed by atoms with van der Waals surface area (Å²) in [5.74, 6) is -0.133. The molecule has 3 fully saturated rings. The van der Waals surface area contributed by atoms with Crippen LogP contribution in [0, 0.1) is 0 Å². The van der Waals surface area contributed by atoms with Crippen LogP contribution in [0.5, 0.6) is 5.75 Å². The quantitative estimate of drug-likeness (QED) is 0.539. The zero-order valence-corrected chi connectivity index (χ0v) is 21.9. The number of fused-ring (bicyclic) bond motifs is 1. The van der Waals surface area contributed by atoms with E-state index in [4.69, 9.17) is 14.5 Å². The maximum atomic E-state index is 13.0. The van der Waals surface area contributed by atoms with Crippen molar-refractivity contribution in [3.8, 4) is 5.75 Å². The lowest BCUT2D eigenvalue weighted by atomic mass is 9.87. The van der Waals surface area contributed by atoms with Crippen molar-refractivity contribution in [1.29, 1.82) is 0 Å². The number of nitrogens with one attached hydrogen (secondary N) is 1.